The normalized spacial score (nSPS) is 13.8. The molecule has 0 unspecified atom stereocenters. The summed E-state index contributed by atoms with van der Waals surface area (Å²) in [6, 6.07) is 13.7. The molecule has 3 aromatic rings. The Kier molecular flexibility index (Phi) is 5.11. The van der Waals surface area contributed by atoms with Gasteiger partial charge in [-0.05, 0) is 24.1 Å². The molecule has 0 atom stereocenters. The first-order chi connectivity index (χ1) is 12.7. The Hall–Kier alpha value is -2.08. The van der Waals surface area contributed by atoms with Gasteiger partial charge in [-0.15, -0.1) is 11.3 Å². The van der Waals surface area contributed by atoms with Gasteiger partial charge in [-0.25, -0.2) is 4.98 Å². The Balaban J connectivity index is 1.53. The Bertz CT molecular complexity index is 950. The van der Waals surface area contributed by atoms with E-state index in [4.69, 9.17) is 23.2 Å². The first-order valence-corrected chi connectivity index (χ1v) is 9.89. The zero-order valence-electron chi connectivity index (χ0n) is 13.8. The number of aromatic nitrogens is 1. The van der Waals surface area contributed by atoms with E-state index in [1.165, 1.54) is 0 Å². The van der Waals surface area contributed by atoms with Gasteiger partial charge in [-0.3, -0.25) is 4.99 Å². The number of anilines is 1. The third-order valence-electron chi connectivity index (χ3n) is 4.05. The quantitative estimate of drug-likeness (QED) is 0.603. The molecule has 0 fully saturated rings. The van der Waals surface area contributed by atoms with Gasteiger partial charge in [0.05, 0.1) is 5.69 Å². The molecule has 4 rings (SSSR count). The number of guanidine groups is 1. The summed E-state index contributed by atoms with van der Waals surface area (Å²) in [5, 5.41) is 10.6. The average Bonchev–Trinajstić information content (AvgIpc) is 3.11. The van der Waals surface area contributed by atoms with Gasteiger partial charge in [0.25, 0.3) is 0 Å². The van der Waals surface area contributed by atoms with Crippen molar-refractivity contribution in [3.05, 3.63) is 57.9 Å². The molecule has 0 spiro atoms. The van der Waals surface area contributed by atoms with Crippen LogP contribution in [0.3, 0.4) is 0 Å². The molecular weight excluding hydrogens is 387 g/mol. The number of benzene rings is 2. The highest BCUT2D eigenvalue weighted by atomic mass is 35.5. The fourth-order valence-corrected chi connectivity index (χ4v) is 3.96. The van der Waals surface area contributed by atoms with Crippen molar-refractivity contribution in [2.75, 3.05) is 18.4 Å². The second-order valence-corrected chi connectivity index (χ2v) is 7.58. The molecule has 4 nitrogen and oxygen atoms in total. The molecule has 26 heavy (non-hydrogen) atoms. The number of nitrogens with one attached hydrogen (secondary N) is 2. The van der Waals surface area contributed by atoms with Crippen LogP contribution in [0.4, 0.5) is 5.13 Å². The Morgan fingerprint density at radius 2 is 1.85 bits per heavy atom. The minimum Gasteiger partial charge on any atom is -0.356 e. The summed E-state index contributed by atoms with van der Waals surface area (Å²) >= 11 is 13.8. The van der Waals surface area contributed by atoms with Crippen LogP contribution in [0.15, 0.2) is 52.8 Å². The van der Waals surface area contributed by atoms with Crippen molar-refractivity contribution >= 4 is 45.6 Å². The van der Waals surface area contributed by atoms with E-state index in [-0.39, 0.29) is 0 Å². The smallest absolute Gasteiger partial charge is 0.197 e. The van der Waals surface area contributed by atoms with E-state index in [0.717, 1.165) is 53.0 Å². The van der Waals surface area contributed by atoms with Gasteiger partial charge in [0, 0.05) is 39.6 Å². The molecular formula is C19H16Cl2N4S. The Morgan fingerprint density at radius 1 is 1.04 bits per heavy atom. The van der Waals surface area contributed by atoms with Crippen LogP contribution in [-0.2, 0) is 0 Å². The van der Waals surface area contributed by atoms with Crippen LogP contribution in [0, 0.1) is 0 Å². The van der Waals surface area contributed by atoms with Gasteiger partial charge < -0.3 is 10.6 Å². The van der Waals surface area contributed by atoms with E-state index in [1.807, 2.05) is 29.6 Å². The molecule has 0 aliphatic carbocycles. The Labute approximate surface area is 165 Å². The van der Waals surface area contributed by atoms with Crippen molar-refractivity contribution < 1.29 is 0 Å². The van der Waals surface area contributed by atoms with E-state index in [9.17, 15) is 0 Å². The van der Waals surface area contributed by atoms with E-state index in [2.05, 4.69) is 32.7 Å². The molecule has 7 heteroatoms. The zero-order valence-corrected chi connectivity index (χ0v) is 16.1. The fourth-order valence-electron chi connectivity index (χ4n) is 2.73. The van der Waals surface area contributed by atoms with Crippen LogP contribution in [0.5, 0.6) is 0 Å². The summed E-state index contributed by atoms with van der Waals surface area (Å²) in [7, 11) is 0. The zero-order chi connectivity index (χ0) is 17.9. The topological polar surface area (TPSA) is 49.3 Å². The molecule has 2 N–H and O–H groups in total. The van der Waals surface area contributed by atoms with Crippen molar-refractivity contribution in [3.63, 3.8) is 0 Å². The van der Waals surface area contributed by atoms with E-state index in [0.29, 0.717) is 10.0 Å². The Morgan fingerprint density at radius 3 is 2.58 bits per heavy atom. The van der Waals surface area contributed by atoms with Gasteiger partial charge in [0.2, 0.25) is 0 Å². The molecule has 0 radical (unpaired) electrons. The lowest BCUT2D eigenvalue weighted by molar-refractivity contribution is 0.740. The minimum absolute atomic E-state index is 0.634. The number of hydrogen-bond donors (Lipinski definition) is 2. The standard InChI is InChI=1S/C19H16Cl2N4S/c20-14-6-7-15(16(21)10-14)12-2-4-13(5-3-12)17-11-26-19(24-17)25-18-22-8-1-9-23-18/h2-7,10-11H,1,8-9H2,(H2,22,23,24,25). The third kappa shape index (κ3) is 3.85. The van der Waals surface area contributed by atoms with Gasteiger partial charge in [-0.1, -0.05) is 53.5 Å². The predicted molar refractivity (Wildman–Crippen MR) is 112 cm³/mol. The monoisotopic (exact) mass is 402 g/mol. The van der Waals surface area contributed by atoms with Crippen LogP contribution in [0.25, 0.3) is 22.4 Å². The highest BCUT2D eigenvalue weighted by Crippen LogP contribution is 2.32. The summed E-state index contributed by atoms with van der Waals surface area (Å²) in [4.78, 5) is 9.05. The largest absolute Gasteiger partial charge is 0.356 e. The summed E-state index contributed by atoms with van der Waals surface area (Å²) < 4.78 is 0. The molecule has 2 heterocycles. The second-order valence-electron chi connectivity index (χ2n) is 5.88. The van der Waals surface area contributed by atoms with Gasteiger partial charge in [-0.2, -0.15) is 0 Å². The van der Waals surface area contributed by atoms with Gasteiger partial charge in [0.1, 0.15) is 0 Å². The molecule has 0 saturated heterocycles. The molecule has 0 bridgehead atoms. The molecule has 132 valence electrons. The van der Waals surface area contributed by atoms with E-state index >= 15 is 0 Å². The summed E-state index contributed by atoms with van der Waals surface area (Å²) in [6.45, 7) is 1.79. The first-order valence-electron chi connectivity index (χ1n) is 8.26. The molecule has 1 aliphatic rings. The van der Waals surface area contributed by atoms with Gasteiger partial charge in [0.15, 0.2) is 11.1 Å². The van der Waals surface area contributed by atoms with Crippen molar-refractivity contribution in [2.45, 2.75) is 6.42 Å². The van der Waals surface area contributed by atoms with Crippen molar-refractivity contribution in [1.29, 1.82) is 0 Å². The molecule has 0 amide bonds. The molecule has 0 saturated carbocycles. The van der Waals surface area contributed by atoms with E-state index in [1.54, 1.807) is 17.4 Å². The lowest BCUT2D eigenvalue weighted by Gasteiger charge is -2.14. The molecule has 1 aliphatic heterocycles. The van der Waals surface area contributed by atoms with Crippen molar-refractivity contribution in [1.82, 2.24) is 10.3 Å². The first kappa shape index (κ1) is 17.3. The minimum atomic E-state index is 0.634. The second kappa shape index (κ2) is 7.66. The van der Waals surface area contributed by atoms with Crippen LogP contribution in [0.2, 0.25) is 10.0 Å². The maximum atomic E-state index is 6.30. The predicted octanol–water partition coefficient (Wildman–Crippen LogP) is 5.55. The van der Waals surface area contributed by atoms with Crippen LogP contribution < -0.4 is 10.6 Å². The van der Waals surface area contributed by atoms with E-state index < -0.39 is 0 Å². The molecule has 1 aromatic heterocycles. The highest BCUT2D eigenvalue weighted by Gasteiger charge is 2.10. The summed E-state index contributed by atoms with van der Waals surface area (Å²) in [5.74, 6) is 0.796. The lowest BCUT2D eigenvalue weighted by atomic mass is 10.0. The lowest BCUT2D eigenvalue weighted by Crippen LogP contribution is -2.35. The maximum absolute atomic E-state index is 6.30. The van der Waals surface area contributed by atoms with Crippen molar-refractivity contribution in [2.24, 2.45) is 4.99 Å². The van der Waals surface area contributed by atoms with Crippen molar-refractivity contribution in [3.8, 4) is 22.4 Å². The number of nitrogens with zero attached hydrogens (tertiary/aromatic N) is 2. The number of rotatable bonds is 3. The fraction of sp³-hybridized carbons (Fsp3) is 0.158. The van der Waals surface area contributed by atoms with Gasteiger partial charge >= 0.3 is 0 Å². The summed E-state index contributed by atoms with van der Waals surface area (Å²) in [6.07, 6.45) is 1.07. The third-order valence-corrected chi connectivity index (χ3v) is 5.36. The van der Waals surface area contributed by atoms with Crippen LogP contribution in [0.1, 0.15) is 6.42 Å². The van der Waals surface area contributed by atoms with Crippen LogP contribution in [-0.4, -0.2) is 24.0 Å². The summed E-state index contributed by atoms with van der Waals surface area (Å²) in [5.41, 5.74) is 4.00. The molecule has 2 aromatic carbocycles. The average molecular weight is 403 g/mol. The number of hydrogen-bond acceptors (Lipinski definition) is 5. The number of aliphatic imine (C=N–C) groups is 1. The number of thiazole rings is 1. The highest BCUT2D eigenvalue weighted by molar-refractivity contribution is 7.14. The van der Waals surface area contributed by atoms with Crippen LogP contribution >= 0.6 is 34.5 Å². The SMILES string of the molecule is Clc1ccc(-c2ccc(-c3csc(NC4=NCCCN4)n3)cc2)c(Cl)c1. The maximum Gasteiger partial charge on any atom is 0.197 e. The number of halogens is 2.